The number of esters is 1. The first kappa shape index (κ1) is 18.4. The van der Waals surface area contributed by atoms with E-state index in [1.807, 2.05) is 6.92 Å². The van der Waals surface area contributed by atoms with Crippen molar-refractivity contribution in [2.45, 2.75) is 90.6 Å². The minimum absolute atomic E-state index is 0.0421. The van der Waals surface area contributed by atoms with E-state index in [-0.39, 0.29) is 12.1 Å². The molecule has 0 aromatic rings. The van der Waals surface area contributed by atoms with E-state index in [1.165, 1.54) is 19.3 Å². The van der Waals surface area contributed by atoms with Crippen molar-refractivity contribution in [3.63, 3.8) is 0 Å². The van der Waals surface area contributed by atoms with Crippen LogP contribution in [-0.2, 0) is 9.53 Å². The average Bonchev–Trinajstić information content (AvgIpc) is 2.41. The standard InChI is InChI=1S/C16H32O3/c1-3-5-14-19-16(18)13-11-9-7-6-8-10-12-15(17)4-2/h15,17H,3-14H2,1-2H3. The molecular weight excluding hydrogens is 240 g/mol. The smallest absolute Gasteiger partial charge is 0.305 e. The van der Waals surface area contributed by atoms with Crippen LogP contribution in [0.2, 0.25) is 0 Å². The maximum atomic E-state index is 11.3. The zero-order valence-electron chi connectivity index (χ0n) is 12.8. The van der Waals surface area contributed by atoms with Crippen molar-refractivity contribution in [3.05, 3.63) is 0 Å². The SMILES string of the molecule is CCCCOC(=O)CCCCCCCCC(O)CC. The number of ether oxygens (including phenoxy) is 1. The van der Waals surface area contributed by atoms with Crippen LogP contribution in [0.1, 0.15) is 84.5 Å². The minimum atomic E-state index is -0.113. The lowest BCUT2D eigenvalue weighted by Crippen LogP contribution is -2.05. The van der Waals surface area contributed by atoms with E-state index in [0.717, 1.165) is 44.9 Å². The molecule has 19 heavy (non-hydrogen) atoms. The lowest BCUT2D eigenvalue weighted by molar-refractivity contribution is -0.143. The molecule has 114 valence electrons. The fourth-order valence-electron chi connectivity index (χ4n) is 1.96. The minimum Gasteiger partial charge on any atom is -0.466 e. The normalized spacial score (nSPS) is 12.4. The van der Waals surface area contributed by atoms with Crippen LogP contribution in [0.25, 0.3) is 0 Å². The second-order valence-electron chi connectivity index (χ2n) is 5.30. The molecule has 0 aliphatic rings. The van der Waals surface area contributed by atoms with Crippen molar-refractivity contribution >= 4 is 5.97 Å². The summed E-state index contributed by atoms with van der Waals surface area (Å²) >= 11 is 0. The van der Waals surface area contributed by atoms with Crippen molar-refractivity contribution in [1.29, 1.82) is 0 Å². The largest absolute Gasteiger partial charge is 0.466 e. The number of rotatable bonds is 13. The van der Waals surface area contributed by atoms with Crippen molar-refractivity contribution < 1.29 is 14.6 Å². The van der Waals surface area contributed by atoms with Crippen LogP contribution in [0, 0.1) is 0 Å². The van der Waals surface area contributed by atoms with E-state index in [2.05, 4.69) is 6.92 Å². The van der Waals surface area contributed by atoms with E-state index in [4.69, 9.17) is 4.74 Å². The first-order chi connectivity index (χ1) is 9.20. The molecule has 0 aliphatic carbocycles. The van der Waals surface area contributed by atoms with Gasteiger partial charge in [-0.3, -0.25) is 4.79 Å². The van der Waals surface area contributed by atoms with Crippen LogP contribution >= 0.6 is 0 Å². The van der Waals surface area contributed by atoms with Gasteiger partial charge in [0.25, 0.3) is 0 Å². The van der Waals surface area contributed by atoms with E-state index < -0.39 is 0 Å². The van der Waals surface area contributed by atoms with Gasteiger partial charge < -0.3 is 9.84 Å². The highest BCUT2D eigenvalue weighted by molar-refractivity contribution is 5.69. The van der Waals surface area contributed by atoms with Crippen LogP contribution in [0.15, 0.2) is 0 Å². The molecule has 0 radical (unpaired) electrons. The quantitative estimate of drug-likeness (QED) is 0.403. The average molecular weight is 272 g/mol. The maximum absolute atomic E-state index is 11.3. The first-order valence-corrected chi connectivity index (χ1v) is 8.04. The molecule has 1 N–H and O–H groups in total. The molecule has 0 amide bonds. The van der Waals surface area contributed by atoms with E-state index in [1.54, 1.807) is 0 Å². The van der Waals surface area contributed by atoms with Crippen LogP contribution in [0.5, 0.6) is 0 Å². The number of hydrogen-bond donors (Lipinski definition) is 1. The third kappa shape index (κ3) is 13.7. The van der Waals surface area contributed by atoms with Crippen molar-refractivity contribution in [1.82, 2.24) is 0 Å². The van der Waals surface area contributed by atoms with Gasteiger partial charge in [-0.15, -0.1) is 0 Å². The third-order valence-electron chi connectivity index (χ3n) is 3.40. The highest BCUT2D eigenvalue weighted by atomic mass is 16.5. The van der Waals surface area contributed by atoms with Gasteiger partial charge in [0.1, 0.15) is 0 Å². The molecule has 0 heterocycles. The number of unbranched alkanes of at least 4 members (excludes halogenated alkanes) is 6. The van der Waals surface area contributed by atoms with Gasteiger partial charge >= 0.3 is 5.97 Å². The number of aliphatic hydroxyl groups is 1. The Hall–Kier alpha value is -0.570. The van der Waals surface area contributed by atoms with Crippen molar-refractivity contribution in [2.75, 3.05) is 6.61 Å². The van der Waals surface area contributed by atoms with E-state index in [9.17, 15) is 9.90 Å². The summed E-state index contributed by atoms with van der Waals surface area (Å²) < 4.78 is 5.10. The first-order valence-electron chi connectivity index (χ1n) is 8.04. The summed E-state index contributed by atoms with van der Waals surface area (Å²) in [6.07, 6.45) is 11.0. The molecule has 1 atom stereocenters. The highest BCUT2D eigenvalue weighted by Gasteiger charge is 2.02. The van der Waals surface area contributed by atoms with Crippen molar-refractivity contribution in [3.8, 4) is 0 Å². The Balaban J connectivity index is 3.16. The second-order valence-corrected chi connectivity index (χ2v) is 5.30. The number of aliphatic hydroxyl groups excluding tert-OH is 1. The summed E-state index contributed by atoms with van der Waals surface area (Å²) in [6, 6.07) is 0. The van der Waals surface area contributed by atoms with Gasteiger partial charge in [0.2, 0.25) is 0 Å². The molecule has 1 unspecified atom stereocenters. The zero-order valence-corrected chi connectivity index (χ0v) is 12.8. The Labute approximate surface area is 118 Å². The monoisotopic (exact) mass is 272 g/mol. The summed E-state index contributed by atoms with van der Waals surface area (Å²) in [6.45, 7) is 4.69. The number of hydrogen-bond acceptors (Lipinski definition) is 3. The molecule has 0 aromatic carbocycles. The third-order valence-corrected chi connectivity index (χ3v) is 3.40. The predicted molar refractivity (Wildman–Crippen MR) is 79.1 cm³/mol. The van der Waals surface area contributed by atoms with Crippen LogP contribution in [0.3, 0.4) is 0 Å². The Morgan fingerprint density at radius 1 is 1.00 bits per heavy atom. The van der Waals surface area contributed by atoms with Crippen LogP contribution < -0.4 is 0 Å². The van der Waals surface area contributed by atoms with E-state index in [0.29, 0.717) is 13.0 Å². The molecule has 0 spiro atoms. The summed E-state index contributed by atoms with van der Waals surface area (Å²) in [5.74, 6) is -0.0421. The predicted octanol–water partition coefficient (Wildman–Crippen LogP) is 4.22. The molecule has 0 fully saturated rings. The molecule has 0 aliphatic heterocycles. The number of carbonyl (C=O) groups excluding carboxylic acids is 1. The lowest BCUT2D eigenvalue weighted by Gasteiger charge is -2.07. The Bertz CT molecular complexity index is 204. The van der Waals surface area contributed by atoms with Gasteiger partial charge in [-0.05, 0) is 25.7 Å². The molecule has 0 aromatic heterocycles. The maximum Gasteiger partial charge on any atom is 0.305 e. The van der Waals surface area contributed by atoms with Crippen LogP contribution in [-0.4, -0.2) is 23.8 Å². The molecule has 0 bridgehead atoms. The number of carbonyl (C=O) groups is 1. The summed E-state index contributed by atoms with van der Waals surface area (Å²) in [4.78, 5) is 11.3. The highest BCUT2D eigenvalue weighted by Crippen LogP contribution is 2.11. The van der Waals surface area contributed by atoms with Gasteiger partial charge in [-0.25, -0.2) is 0 Å². The van der Waals surface area contributed by atoms with Gasteiger partial charge in [-0.1, -0.05) is 52.4 Å². The second kappa shape index (κ2) is 13.9. The van der Waals surface area contributed by atoms with E-state index >= 15 is 0 Å². The van der Waals surface area contributed by atoms with Gasteiger partial charge in [0.05, 0.1) is 12.7 Å². The summed E-state index contributed by atoms with van der Waals surface area (Å²) in [5.41, 5.74) is 0. The Kier molecular flexibility index (Phi) is 13.4. The van der Waals surface area contributed by atoms with Gasteiger partial charge in [0.15, 0.2) is 0 Å². The fourth-order valence-corrected chi connectivity index (χ4v) is 1.96. The van der Waals surface area contributed by atoms with Gasteiger partial charge in [0, 0.05) is 6.42 Å². The lowest BCUT2D eigenvalue weighted by atomic mass is 10.1. The summed E-state index contributed by atoms with van der Waals surface area (Å²) in [7, 11) is 0. The Morgan fingerprint density at radius 3 is 2.26 bits per heavy atom. The van der Waals surface area contributed by atoms with Crippen LogP contribution in [0.4, 0.5) is 0 Å². The Morgan fingerprint density at radius 2 is 1.63 bits per heavy atom. The summed E-state index contributed by atoms with van der Waals surface area (Å²) in [5, 5.41) is 9.40. The van der Waals surface area contributed by atoms with Crippen molar-refractivity contribution in [2.24, 2.45) is 0 Å². The molecule has 3 heteroatoms. The van der Waals surface area contributed by atoms with Gasteiger partial charge in [-0.2, -0.15) is 0 Å². The zero-order chi connectivity index (χ0) is 14.3. The molecular formula is C16H32O3. The molecule has 0 rings (SSSR count). The molecule has 0 saturated carbocycles. The molecule has 0 saturated heterocycles. The fraction of sp³-hybridized carbons (Fsp3) is 0.938. The topological polar surface area (TPSA) is 46.5 Å². The molecule has 3 nitrogen and oxygen atoms in total.